The van der Waals surface area contributed by atoms with Crippen molar-refractivity contribution in [3.63, 3.8) is 0 Å². The van der Waals surface area contributed by atoms with Gasteiger partial charge in [0.15, 0.2) is 0 Å². The van der Waals surface area contributed by atoms with E-state index in [1.807, 2.05) is 0 Å². The molecule has 0 aromatic rings. The Balaban J connectivity index is 1.89. The minimum atomic E-state index is 0.567. The molecule has 0 fully saturated rings. The minimum absolute atomic E-state index is 0.567. The summed E-state index contributed by atoms with van der Waals surface area (Å²) in [6.45, 7) is 11.9. The molecule has 1 heterocycles. The summed E-state index contributed by atoms with van der Waals surface area (Å²) in [4.78, 5) is 5.16. The van der Waals surface area contributed by atoms with Crippen molar-refractivity contribution < 1.29 is 0 Å². The van der Waals surface area contributed by atoms with Crippen molar-refractivity contribution in [1.29, 1.82) is 0 Å². The summed E-state index contributed by atoms with van der Waals surface area (Å²) < 4.78 is 0. The predicted molar refractivity (Wildman–Crippen MR) is 98.5 cm³/mol. The van der Waals surface area contributed by atoms with E-state index in [9.17, 15) is 0 Å². The second kappa shape index (κ2) is 8.31. The molecule has 0 saturated carbocycles. The first kappa shape index (κ1) is 17.8. The van der Waals surface area contributed by atoms with Crippen LogP contribution in [0, 0.1) is 29.6 Å². The Hall–Kier alpha value is -0.590. The maximum atomic E-state index is 5.16. The molecule has 0 bridgehead atoms. The Morgan fingerprint density at radius 2 is 1.95 bits per heavy atom. The summed E-state index contributed by atoms with van der Waals surface area (Å²) in [7, 11) is 0. The highest BCUT2D eigenvalue weighted by Gasteiger charge is 2.32. The lowest BCUT2D eigenvalue weighted by Crippen LogP contribution is -2.33. The molecule has 0 aromatic heterocycles. The number of hydrogen-bond acceptors (Lipinski definition) is 1. The molecule has 1 aliphatic heterocycles. The summed E-state index contributed by atoms with van der Waals surface area (Å²) in [5, 5.41) is 0. The lowest BCUT2D eigenvalue weighted by atomic mass is 9.75. The molecule has 1 aliphatic carbocycles. The standard InChI is InChI=1S/C21H37N/c1-6-7-8-15(2)11-17(4)13-21-18(5)14-19-12-16(3)9-10-20(19)22-21/h9-10,15-19,21H,6-8,11-14H2,1-5H3. The van der Waals surface area contributed by atoms with Gasteiger partial charge < -0.3 is 0 Å². The number of hydrogen-bond donors (Lipinski definition) is 0. The molecule has 6 atom stereocenters. The van der Waals surface area contributed by atoms with E-state index in [2.05, 4.69) is 46.8 Å². The second-order valence-corrected chi connectivity index (χ2v) is 8.43. The molecular weight excluding hydrogens is 266 g/mol. The van der Waals surface area contributed by atoms with Crippen LogP contribution >= 0.6 is 0 Å². The van der Waals surface area contributed by atoms with Gasteiger partial charge in [-0.3, -0.25) is 4.99 Å². The Morgan fingerprint density at radius 1 is 1.18 bits per heavy atom. The third-order valence-corrected chi connectivity index (χ3v) is 5.80. The number of fused-ring (bicyclic) bond motifs is 1. The van der Waals surface area contributed by atoms with Crippen molar-refractivity contribution in [1.82, 2.24) is 0 Å². The maximum Gasteiger partial charge on any atom is 0.0531 e. The Morgan fingerprint density at radius 3 is 2.68 bits per heavy atom. The van der Waals surface area contributed by atoms with Crippen molar-refractivity contribution >= 4 is 5.71 Å². The van der Waals surface area contributed by atoms with Gasteiger partial charge in [-0.25, -0.2) is 0 Å². The molecule has 0 saturated heterocycles. The maximum absolute atomic E-state index is 5.16. The lowest BCUT2D eigenvalue weighted by molar-refractivity contribution is 0.279. The number of unbranched alkanes of at least 4 members (excludes halogenated alkanes) is 1. The van der Waals surface area contributed by atoms with Crippen LogP contribution < -0.4 is 0 Å². The Labute approximate surface area is 138 Å². The average Bonchev–Trinajstić information content (AvgIpc) is 2.46. The molecule has 6 unspecified atom stereocenters. The van der Waals surface area contributed by atoms with E-state index in [0.717, 1.165) is 29.6 Å². The number of allylic oxidation sites excluding steroid dienone is 2. The van der Waals surface area contributed by atoms with Gasteiger partial charge in [-0.05, 0) is 55.4 Å². The summed E-state index contributed by atoms with van der Waals surface area (Å²) in [5.41, 5.74) is 1.41. The molecule has 2 rings (SSSR count). The zero-order valence-electron chi connectivity index (χ0n) is 15.5. The van der Waals surface area contributed by atoms with Crippen molar-refractivity contribution in [2.24, 2.45) is 34.6 Å². The first-order valence-electron chi connectivity index (χ1n) is 9.75. The molecule has 0 amide bonds. The summed E-state index contributed by atoms with van der Waals surface area (Å²) in [5.74, 6) is 3.94. The average molecular weight is 304 g/mol. The van der Waals surface area contributed by atoms with Crippen LogP contribution in [0.15, 0.2) is 17.1 Å². The van der Waals surface area contributed by atoms with Crippen LogP contribution in [0.3, 0.4) is 0 Å². The minimum Gasteiger partial charge on any atom is -0.286 e. The Bertz CT molecular complexity index is 395. The van der Waals surface area contributed by atoms with Gasteiger partial charge in [0.05, 0.1) is 6.04 Å². The van der Waals surface area contributed by atoms with Crippen molar-refractivity contribution in [3.8, 4) is 0 Å². The van der Waals surface area contributed by atoms with Gasteiger partial charge in [0.1, 0.15) is 0 Å². The summed E-state index contributed by atoms with van der Waals surface area (Å²) in [6, 6.07) is 0.567. The van der Waals surface area contributed by atoms with Gasteiger partial charge in [-0.1, -0.05) is 60.0 Å². The fourth-order valence-corrected chi connectivity index (χ4v) is 4.49. The van der Waals surface area contributed by atoms with Crippen LogP contribution in [0.4, 0.5) is 0 Å². The first-order chi connectivity index (χ1) is 10.5. The van der Waals surface area contributed by atoms with Crippen LogP contribution in [0.1, 0.15) is 79.6 Å². The van der Waals surface area contributed by atoms with Gasteiger partial charge in [-0.2, -0.15) is 0 Å². The van der Waals surface area contributed by atoms with Crippen LogP contribution in [0.25, 0.3) is 0 Å². The number of rotatable bonds is 7. The van der Waals surface area contributed by atoms with E-state index in [-0.39, 0.29) is 0 Å². The number of nitrogens with zero attached hydrogens (tertiary/aromatic N) is 1. The SMILES string of the molecule is CCCCC(C)CC(C)CC1N=C2C=CC(C)CC2CC1C. The third-order valence-electron chi connectivity index (χ3n) is 5.80. The van der Waals surface area contributed by atoms with Crippen molar-refractivity contribution in [2.45, 2.75) is 85.6 Å². The molecule has 0 N–H and O–H groups in total. The molecule has 0 radical (unpaired) electrons. The van der Waals surface area contributed by atoms with E-state index in [0.29, 0.717) is 6.04 Å². The van der Waals surface area contributed by atoms with E-state index >= 15 is 0 Å². The molecule has 1 nitrogen and oxygen atoms in total. The lowest BCUT2D eigenvalue weighted by Gasteiger charge is -2.36. The molecule has 126 valence electrons. The van der Waals surface area contributed by atoms with Crippen LogP contribution in [0.5, 0.6) is 0 Å². The van der Waals surface area contributed by atoms with Crippen LogP contribution in [-0.2, 0) is 0 Å². The molecule has 0 aromatic carbocycles. The summed E-state index contributed by atoms with van der Waals surface area (Å²) >= 11 is 0. The zero-order chi connectivity index (χ0) is 16.1. The predicted octanol–water partition coefficient (Wildman–Crippen LogP) is 6.29. The highest BCUT2D eigenvalue weighted by molar-refractivity contribution is 5.98. The number of aliphatic imine (C=N–C) groups is 1. The monoisotopic (exact) mass is 303 g/mol. The van der Waals surface area contributed by atoms with Gasteiger partial charge in [-0.15, -0.1) is 0 Å². The van der Waals surface area contributed by atoms with Gasteiger partial charge in [0, 0.05) is 11.6 Å². The van der Waals surface area contributed by atoms with E-state index in [1.165, 1.54) is 50.7 Å². The highest BCUT2D eigenvalue weighted by atomic mass is 14.8. The molecule has 0 spiro atoms. The molecule has 2 aliphatic rings. The largest absolute Gasteiger partial charge is 0.286 e. The zero-order valence-corrected chi connectivity index (χ0v) is 15.5. The van der Waals surface area contributed by atoms with Gasteiger partial charge in [0.2, 0.25) is 0 Å². The Kier molecular flexibility index (Phi) is 6.71. The molecule has 1 heteroatoms. The van der Waals surface area contributed by atoms with Gasteiger partial charge >= 0.3 is 0 Å². The quantitative estimate of drug-likeness (QED) is 0.524. The summed E-state index contributed by atoms with van der Waals surface area (Å²) in [6.07, 6.45) is 14.1. The second-order valence-electron chi connectivity index (χ2n) is 8.43. The van der Waals surface area contributed by atoms with Crippen LogP contribution in [-0.4, -0.2) is 11.8 Å². The van der Waals surface area contributed by atoms with E-state index in [4.69, 9.17) is 4.99 Å². The molecule has 22 heavy (non-hydrogen) atoms. The van der Waals surface area contributed by atoms with E-state index in [1.54, 1.807) is 0 Å². The van der Waals surface area contributed by atoms with E-state index < -0.39 is 0 Å². The highest BCUT2D eigenvalue weighted by Crippen LogP contribution is 2.36. The fourth-order valence-electron chi connectivity index (χ4n) is 4.49. The first-order valence-corrected chi connectivity index (χ1v) is 9.75. The fraction of sp³-hybridized carbons (Fsp3) is 0.857. The van der Waals surface area contributed by atoms with Gasteiger partial charge in [0.25, 0.3) is 0 Å². The van der Waals surface area contributed by atoms with Crippen LogP contribution in [0.2, 0.25) is 0 Å². The van der Waals surface area contributed by atoms with Crippen molar-refractivity contribution in [2.75, 3.05) is 0 Å². The normalized spacial score (nSPS) is 34.0. The third kappa shape index (κ3) is 4.96. The van der Waals surface area contributed by atoms with Crippen molar-refractivity contribution in [3.05, 3.63) is 12.2 Å². The molecular formula is C21H37N. The smallest absolute Gasteiger partial charge is 0.0531 e. The topological polar surface area (TPSA) is 12.4 Å².